The fourth-order valence-electron chi connectivity index (χ4n) is 1.18. The number of nitrogens with zero attached hydrogens (tertiary/aromatic N) is 2. The van der Waals surface area contributed by atoms with Crippen molar-refractivity contribution in [2.75, 3.05) is 7.11 Å². The highest BCUT2D eigenvalue weighted by molar-refractivity contribution is 9.10. The summed E-state index contributed by atoms with van der Waals surface area (Å²) in [7, 11) is 1.60. The number of rotatable bonds is 1. The van der Waals surface area contributed by atoms with Crippen LogP contribution in [0, 0.1) is 0 Å². The van der Waals surface area contributed by atoms with Gasteiger partial charge in [0.25, 0.3) is 0 Å². The predicted octanol–water partition coefficient (Wildman–Crippen LogP) is 2.40. The molecule has 0 spiro atoms. The third-order valence-corrected chi connectivity index (χ3v) is 2.33. The number of hydrogen-bond donors (Lipinski definition) is 0. The van der Waals surface area contributed by atoms with E-state index in [1.165, 1.54) is 0 Å². The third kappa shape index (κ3) is 1.37. The van der Waals surface area contributed by atoms with E-state index in [9.17, 15) is 0 Å². The van der Waals surface area contributed by atoms with E-state index in [1.807, 2.05) is 12.1 Å². The maximum absolute atomic E-state index is 5.11. The minimum absolute atomic E-state index is 0.603. The monoisotopic (exact) mass is 238 g/mol. The summed E-state index contributed by atoms with van der Waals surface area (Å²) < 4.78 is 5.99. The lowest BCUT2D eigenvalue weighted by Crippen LogP contribution is -1.90. The molecule has 2 aromatic rings. The van der Waals surface area contributed by atoms with E-state index in [1.54, 1.807) is 19.5 Å². The summed E-state index contributed by atoms with van der Waals surface area (Å²) in [6.07, 6.45) is 3.43. The Kier molecular flexibility index (Phi) is 2.14. The van der Waals surface area contributed by atoms with Gasteiger partial charge in [-0.3, -0.25) is 4.98 Å². The molecule has 0 saturated heterocycles. The molecular formula is C9H7BrN2O. The topological polar surface area (TPSA) is 35.0 Å². The van der Waals surface area contributed by atoms with Crippen LogP contribution in [0.4, 0.5) is 0 Å². The van der Waals surface area contributed by atoms with Gasteiger partial charge in [-0.15, -0.1) is 0 Å². The van der Waals surface area contributed by atoms with Crippen LogP contribution in [-0.4, -0.2) is 17.1 Å². The molecule has 2 rings (SSSR count). The van der Waals surface area contributed by atoms with Gasteiger partial charge in [-0.1, -0.05) is 0 Å². The van der Waals surface area contributed by atoms with E-state index in [-0.39, 0.29) is 0 Å². The first kappa shape index (κ1) is 8.44. The lowest BCUT2D eigenvalue weighted by atomic mass is 10.3. The Hall–Kier alpha value is -1.16. The Labute approximate surface area is 83.9 Å². The van der Waals surface area contributed by atoms with Crippen LogP contribution in [0.5, 0.6) is 5.88 Å². The number of fused-ring (bicyclic) bond motifs is 1. The van der Waals surface area contributed by atoms with Crippen LogP contribution in [-0.2, 0) is 0 Å². The second kappa shape index (κ2) is 3.30. The van der Waals surface area contributed by atoms with Gasteiger partial charge in [0.15, 0.2) is 0 Å². The number of pyridine rings is 2. The molecule has 66 valence electrons. The van der Waals surface area contributed by atoms with Crippen molar-refractivity contribution in [1.29, 1.82) is 0 Å². The van der Waals surface area contributed by atoms with Gasteiger partial charge < -0.3 is 4.74 Å². The summed E-state index contributed by atoms with van der Waals surface area (Å²) in [6, 6.07) is 3.79. The molecule has 0 aliphatic rings. The molecule has 0 amide bonds. The van der Waals surface area contributed by atoms with Gasteiger partial charge in [0.2, 0.25) is 5.88 Å². The van der Waals surface area contributed by atoms with Crippen molar-refractivity contribution in [2.24, 2.45) is 0 Å². The first-order valence-corrected chi connectivity index (χ1v) is 4.55. The Morgan fingerprint density at radius 1 is 1.38 bits per heavy atom. The molecule has 13 heavy (non-hydrogen) atoms. The highest BCUT2D eigenvalue weighted by atomic mass is 79.9. The fraction of sp³-hybridized carbons (Fsp3) is 0.111. The van der Waals surface area contributed by atoms with Gasteiger partial charge in [0.05, 0.1) is 22.5 Å². The Balaban J connectivity index is 2.84. The molecule has 4 heteroatoms. The Morgan fingerprint density at radius 2 is 2.23 bits per heavy atom. The van der Waals surface area contributed by atoms with Crippen LogP contribution < -0.4 is 4.74 Å². The number of methoxy groups -OCH3 is 1. The summed E-state index contributed by atoms with van der Waals surface area (Å²) in [6.45, 7) is 0. The van der Waals surface area contributed by atoms with Crippen LogP contribution in [0.15, 0.2) is 29.0 Å². The van der Waals surface area contributed by atoms with Crippen LogP contribution in [0.2, 0.25) is 0 Å². The Morgan fingerprint density at radius 3 is 3.00 bits per heavy atom. The number of halogens is 1. The molecule has 0 fully saturated rings. The zero-order chi connectivity index (χ0) is 9.26. The fourth-order valence-corrected chi connectivity index (χ4v) is 1.60. The van der Waals surface area contributed by atoms with Gasteiger partial charge >= 0.3 is 0 Å². The minimum atomic E-state index is 0.603. The highest BCUT2D eigenvalue weighted by Crippen LogP contribution is 2.26. The SMILES string of the molecule is COc1ncc(Br)c2ncccc12. The second-order valence-electron chi connectivity index (χ2n) is 2.51. The zero-order valence-electron chi connectivity index (χ0n) is 6.99. The normalized spacial score (nSPS) is 10.3. The standard InChI is InChI=1S/C9H7BrN2O/c1-13-9-6-3-2-4-11-8(6)7(10)5-12-9/h2-5H,1H3. The quantitative estimate of drug-likeness (QED) is 0.766. The summed E-state index contributed by atoms with van der Waals surface area (Å²) in [4.78, 5) is 8.34. The van der Waals surface area contributed by atoms with E-state index in [4.69, 9.17) is 4.74 Å². The number of ether oxygens (including phenoxy) is 1. The van der Waals surface area contributed by atoms with E-state index in [0.29, 0.717) is 5.88 Å². The summed E-state index contributed by atoms with van der Waals surface area (Å²) in [5.74, 6) is 0.603. The van der Waals surface area contributed by atoms with Crippen molar-refractivity contribution in [3.63, 3.8) is 0 Å². The lowest BCUT2D eigenvalue weighted by Gasteiger charge is -2.03. The molecule has 0 aliphatic carbocycles. The van der Waals surface area contributed by atoms with Crippen molar-refractivity contribution in [3.05, 3.63) is 29.0 Å². The third-order valence-electron chi connectivity index (χ3n) is 1.75. The first-order valence-electron chi connectivity index (χ1n) is 3.76. The van der Waals surface area contributed by atoms with Crippen LogP contribution >= 0.6 is 15.9 Å². The molecule has 0 aliphatic heterocycles. The van der Waals surface area contributed by atoms with Crippen LogP contribution in [0.3, 0.4) is 0 Å². The maximum atomic E-state index is 5.11. The minimum Gasteiger partial charge on any atom is -0.481 e. The van der Waals surface area contributed by atoms with E-state index >= 15 is 0 Å². The van der Waals surface area contributed by atoms with Crippen molar-refractivity contribution in [2.45, 2.75) is 0 Å². The molecule has 0 bridgehead atoms. The van der Waals surface area contributed by atoms with Gasteiger partial charge in [-0.25, -0.2) is 4.98 Å². The molecule has 2 heterocycles. The number of aromatic nitrogens is 2. The largest absolute Gasteiger partial charge is 0.481 e. The van der Waals surface area contributed by atoms with Crippen molar-refractivity contribution in [1.82, 2.24) is 9.97 Å². The van der Waals surface area contributed by atoms with Crippen molar-refractivity contribution >= 4 is 26.8 Å². The van der Waals surface area contributed by atoms with E-state index in [2.05, 4.69) is 25.9 Å². The zero-order valence-corrected chi connectivity index (χ0v) is 8.58. The number of hydrogen-bond acceptors (Lipinski definition) is 3. The smallest absolute Gasteiger partial charge is 0.222 e. The van der Waals surface area contributed by atoms with Gasteiger partial charge in [-0.2, -0.15) is 0 Å². The molecule has 2 aromatic heterocycles. The van der Waals surface area contributed by atoms with Crippen LogP contribution in [0.1, 0.15) is 0 Å². The molecule has 3 nitrogen and oxygen atoms in total. The van der Waals surface area contributed by atoms with E-state index < -0.39 is 0 Å². The summed E-state index contributed by atoms with van der Waals surface area (Å²) >= 11 is 3.38. The Bertz CT molecular complexity index is 445. The molecule has 0 radical (unpaired) electrons. The van der Waals surface area contributed by atoms with E-state index in [0.717, 1.165) is 15.4 Å². The second-order valence-corrected chi connectivity index (χ2v) is 3.37. The average Bonchev–Trinajstić information content (AvgIpc) is 2.19. The molecule has 0 aromatic carbocycles. The lowest BCUT2D eigenvalue weighted by molar-refractivity contribution is 0.403. The van der Waals surface area contributed by atoms with Crippen molar-refractivity contribution < 1.29 is 4.74 Å². The predicted molar refractivity (Wildman–Crippen MR) is 53.8 cm³/mol. The molecule has 0 saturated carbocycles. The van der Waals surface area contributed by atoms with Crippen LogP contribution in [0.25, 0.3) is 10.9 Å². The highest BCUT2D eigenvalue weighted by Gasteiger charge is 2.05. The summed E-state index contributed by atoms with van der Waals surface area (Å²) in [5.41, 5.74) is 0.870. The van der Waals surface area contributed by atoms with Gasteiger partial charge in [-0.05, 0) is 28.1 Å². The maximum Gasteiger partial charge on any atom is 0.222 e. The van der Waals surface area contributed by atoms with Gasteiger partial charge in [0.1, 0.15) is 0 Å². The van der Waals surface area contributed by atoms with Crippen molar-refractivity contribution in [3.8, 4) is 5.88 Å². The summed E-state index contributed by atoms with van der Waals surface area (Å²) in [5, 5.41) is 0.916. The van der Waals surface area contributed by atoms with Gasteiger partial charge in [0, 0.05) is 12.4 Å². The average molecular weight is 239 g/mol. The molecule has 0 unspecified atom stereocenters. The molecule has 0 N–H and O–H groups in total. The molecular weight excluding hydrogens is 232 g/mol. The first-order chi connectivity index (χ1) is 6.33. The molecule has 0 atom stereocenters.